The molecule has 1 fully saturated rings. The van der Waals surface area contributed by atoms with Gasteiger partial charge in [-0.25, -0.2) is 0 Å². The number of fused-ring (bicyclic) bond motifs is 1. The number of aromatic amines is 1. The summed E-state index contributed by atoms with van der Waals surface area (Å²) < 4.78 is 5.47. The fourth-order valence-corrected chi connectivity index (χ4v) is 14.1. The van der Waals surface area contributed by atoms with Crippen molar-refractivity contribution in [1.29, 1.82) is 0 Å². The Kier molecular flexibility index (Phi) is 6.00. The van der Waals surface area contributed by atoms with Gasteiger partial charge in [-0.05, 0) is 0 Å². The first-order chi connectivity index (χ1) is 15.8. The standard InChI is InChI=1S/C23H27I2N6O2/c1-13-10-17(25(4)24-28-13)21(32)27-20-16-12-31(23(2,3)19(16)29-30-20)22(33)26-18-11-15(18)14-8-6-5-7-9-14/h5-10,15,18H,11-12H2,1-4H3,(H,26,33)(H2,27,29,30,32)/q-1. The number of rotatable bonds is 4. The van der Waals surface area contributed by atoms with Crippen molar-refractivity contribution in [2.45, 2.75) is 51.2 Å². The summed E-state index contributed by atoms with van der Waals surface area (Å²) in [5, 5.41) is 13.7. The number of H-pyrrole nitrogens is 1. The molecule has 3 aliphatic rings. The molecule has 2 atom stereocenters. The minimum atomic E-state index is -1.47. The maximum atomic E-state index is 13.2. The second-order valence-corrected chi connectivity index (χ2v) is 24.0. The molecule has 0 radical (unpaired) electrons. The molecule has 1 aromatic carbocycles. The van der Waals surface area contributed by atoms with Crippen LogP contribution >= 0.6 is 15.8 Å². The van der Waals surface area contributed by atoms with Gasteiger partial charge < -0.3 is 0 Å². The van der Waals surface area contributed by atoms with E-state index < -0.39 is 21.4 Å². The summed E-state index contributed by atoms with van der Waals surface area (Å²) >= 11 is -1.73. The molecule has 3 heterocycles. The quantitative estimate of drug-likeness (QED) is 0.335. The second-order valence-electron chi connectivity index (χ2n) is 9.02. The van der Waals surface area contributed by atoms with Gasteiger partial charge >= 0.3 is 178 Å². The van der Waals surface area contributed by atoms with Crippen molar-refractivity contribution in [3.05, 3.63) is 56.8 Å². The van der Waals surface area contributed by atoms with Gasteiger partial charge in [-0.15, -0.1) is 0 Å². The number of nitrogens with one attached hydrogen (secondary N) is 3. The van der Waals surface area contributed by atoms with Crippen molar-refractivity contribution >= 4 is 39.3 Å². The molecular formula is C23H27I2N6O2-. The molecule has 8 nitrogen and oxygen atoms in total. The monoisotopic (exact) mass is 673 g/mol. The second kappa shape index (κ2) is 8.67. The number of allylic oxidation sites excluding steroid dienone is 1. The van der Waals surface area contributed by atoms with Crippen LogP contribution < -0.4 is 28.1 Å². The van der Waals surface area contributed by atoms with Gasteiger partial charge in [0.25, 0.3) is 0 Å². The fraction of sp³-hybridized carbons (Fsp3) is 0.391. The van der Waals surface area contributed by atoms with Crippen LogP contribution in [0.3, 0.4) is 0 Å². The molecule has 5 rings (SSSR count). The molecular weight excluding hydrogens is 646 g/mol. The molecule has 3 amide bonds. The van der Waals surface area contributed by atoms with E-state index in [0.29, 0.717) is 18.3 Å². The third-order valence-electron chi connectivity index (χ3n) is 6.37. The first-order valence-electron chi connectivity index (χ1n) is 10.8. The van der Waals surface area contributed by atoms with E-state index in [-0.39, 0.29) is 35.5 Å². The number of urea groups is 1. The summed E-state index contributed by atoms with van der Waals surface area (Å²) in [5.41, 5.74) is 3.41. The third kappa shape index (κ3) is 4.31. The van der Waals surface area contributed by atoms with Crippen LogP contribution in [-0.4, -0.2) is 43.7 Å². The molecule has 0 bridgehead atoms. The zero-order valence-electron chi connectivity index (χ0n) is 18.9. The summed E-state index contributed by atoms with van der Waals surface area (Å²) in [5.74, 6) is 0.825. The van der Waals surface area contributed by atoms with Gasteiger partial charge in [0, 0.05) is 0 Å². The van der Waals surface area contributed by atoms with E-state index in [1.54, 1.807) is 0 Å². The van der Waals surface area contributed by atoms with Gasteiger partial charge in [0.05, 0.1) is 0 Å². The number of carbonyl (C=O) groups excluding carboxylic acids is 2. The molecule has 10 heteroatoms. The van der Waals surface area contributed by atoms with Crippen LogP contribution in [0.5, 0.6) is 0 Å². The summed E-state index contributed by atoms with van der Waals surface area (Å²) in [4.78, 5) is 30.2. The van der Waals surface area contributed by atoms with E-state index in [4.69, 9.17) is 0 Å². The Hall–Kier alpha value is -1.96. The average Bonchev–Trinajstić information content (AvgIpc) is 3.34. The molecule has 1 saturated carbocycles. The molecule has 2 unspecified atom stereocenters. The maximum absolute atomic E-state index is 13.2. The Labute approximate surface area is 207 Å². The van der Waals surface area contributed by atoms with Crippen molar-refractivity contribution in [1.82, 2.24) is 20.4 Å². The summed E-state index contributed by atoms with van der Waals surface area (Å²) in [6, 6.07) is 10.4. The number of aromatic nitrogens is 2. The molecule has 33 heavy (non-hydrogen) atoms. The minimum absolute atomic E-state index is 0.0738. The van der Waals surface area contributed by atoms with Gasteiger partial charge in [-0.2, -0.15) is 0 Å². The van der Waals surface area contributed by atoms with Crippen LogP contribution in [0.2, 0.25) is 0 Å². The van der Waals surface area contributed by atoms with Gasteiger partial charge in [0.15, 0.2) is 0 Å². The van der Waals surface area contributed by atoms with E-state index in [9.17, 15) is 9.59 Å². The number of carbonyl (C=O) groups is 2. The van der Waals surface area contributed by atoms with Crippen molar-refractivity contribution in [3.8, 4) is 0 Å². The fourth-order valence-electron chi connectivity index (χ4n) is 4.37. The van der Waals surface area contributed by atoms with Crippen molar-refractivity contribution in [2.75, 3.05) is 10.2 Å². The van der Waals surface area contributed by atoms with Crippen LogP contribution in [0.15, 0.2) is 43.2 Å². The van der Waals surface area contributed by atoms with Crippen LogP contribution in [-0.2, 0) is 16.9 Å². The number of benzene rings is 1. The van der Waals surface area contributed by atoms with Crippen LogP contribution in [0, 0.1) is 0 Å². The van der Waals surface area contributed by atoms with Crippen molar-refractivity contribution in [3.63, 3.8) is 0 Å². The third-order valence-corrected chi connectivity index (χ3v) is 18.1. The predicted octanol–water partition coefficient (Wildman–Crippen LogP) is 1.08. The molecule has 2 aliphatic heterocycles. The predicted molar refractivity (Wildman–Crippen MR) is 133 cm³/mol. The average molecular weight is 673 g/mol. The molecule has 3 N–H and O–H groups in total. The van der Waals surface area contributed by atoms with E-state index in [1.807, 2.05) is 49.9 Å². The Bertz CT molecular complexity index is 1170. The zero-order chi connectivity index (χ0) is 23.3. The number of hydrogen-bond donors (Lipinski definition) is 3. The molecule has 2 aromatic rings. The molecule has 1 aromatic heterocycles. The van der Waals surface area contributed by atoms with Crippen LogP contribution in [0.1, 0.15) is 49.9 Å². The number of anilines is 1. The van der Waals surface area contributed by atoms with Crippen molar-refractivity contribution < 1.29 is 27.1 Å². The molecule has 0 saturated heterocycles. The number of nitrogens with zero attached hydrogens (tertiary/aromatic N) is 3. The first-order valence-corrected chi connectivity index (χ1v) is 21.3. The number of alkyl halides is 1. The normalized spacial score (nSPS) is 24.2. The van der Waals surface area contributed by atoms with Gasteiger partial charge in [0.2, 0.25) is 0 Å². The number of amides is 3. The van der Waals surface area contributed by atoms with Crippen LogP contribution in [0.4, 0.5) is 10.6 Å². The van der Waals surface area contributed by atoms with Gasteiger partial charge in [0.1, 0.15) is 0 Å². The van der Waals surface area contributed by atoms with E-state index in [0.717, 1.165) is 27.0 Å². The Morgan fingerprint density at radius 3 is 2.79 bits per heavy atom. The van der Waals surface area contributed by atoms with E-state index >= 15 is 0 Å². The molecule has 0 spiro atoms. The first kappa shape index (κ1) is 22.8. The molecule has 176 valence electrons. The summed E-state index contributed by atoms with van der Waals surface area (Å²) in [7, 11) is 0. The SMILES string of the molecule is CC1=N[I-]I(C)C(C(=O)Nc2n[nH]c3c2CN(C(=O)NC2CC2c2ccccc2)C3(C)C)=C1. The number of hydrogen-bond acceptors (Lipinski definition) is 4. The van der Waals surface area contributed by atoms with Gasteiger partial charge in [-0.3, -0.25) is 0 Å². The Balaban J connectivity index is 1.28. The zero-order valence-corrected chi connectivity index (χ0v) is 23.3. The Morgan fingerprint density at radius 1 is 1.27 bits per heavy atom. The summed E-state index contributed by atoms with van der Waals surface area (Å²) in [6.07, 6.45) is 2.89. The van der Waals surface area contributed by atoms with E-state index in [1.165, 1.54) is 5.56 Å². The van der Waals surface area contributed by atoms with Crippen LogP contribution in [0.25, 0.3) is 0 Å². The van der Waals surface area contributed by atoms with Gasteiger partial charge in [-0.1, -0.05) is 30.3 Å². The summed E-state index contributed by atoms with van der Waals surface area (Å²) in [6.45, 7) is 6.37. The van der Waals surface area contributed by atoms with E-state index in [2.05, 4.69) is 41.1 Å². The number of halogens is 2. The van der Waals surface area contributed by atoms with Crippen molar-refractivity contribution in [2.24, 2.45) is 3.21 Å². The topological polar surface area (TPSA) is 102 Å². The molecule has 1 aliphatic carbocycles. The Morgan fingerprint density at radius 2 is 2.03 bits per heavy atom.